The van der Waals surface area contributed by atoms with Gasteiger partial charge in [0.05, 0.1) is 25.2 Å². The van der Waals surface area contributed by atoms with Crippen molar-refractivity contribution in [2.45, 2.75) is 17.9 Å². The maximum absolute atomic E-state index is 12.7. The first-order chi connectivity index (χ1) is 15.3. The van der Waals surface area contributed by atoms with Gasteiger partial charge in [-0.25, -0.2) is 8.42 Å². The van der Waals surface area contributed by atoms with Crippen molar-refractivity contribution in [1.29, 1.82) is 0 Å². The van der Waals surface area contributed by atoms with Gasteiger partial charge in [-0.05, 0) is 49.0 Å². The van der Waals surface area contributed by atoms with Crippen LogP contribution in [0.25, 0.3) is 0 Å². The van der Waals surface area contributed by atoms with E-state index in [1.165, 1.54) is 32.4 Å². The second-order valence-corrected chi connectivity index (χ2v) is 8.73. The number of nitrogens with zero attached hydrogens (tertiary/aromatic N) is 2. The summed E-state index contributed by atoms with van der Waals surface area (Å²) in [5.74, 6) is 0.191. The Balaban J connectivity index is 1.66. The van der Waals surface area contributed by atoms with Gasteiger partial charge in [0.25, 0.3) is 10.0 Å². The molecular weight excluding hydrogens is 450 g/mol. The lowest BCUT2D eigenvalue weighted by molar-refractivity contribution is 0.353. The van der Waals surface area contributed by atoms with E-state index in [2.05, 4.69) is 25.3 Å². The van der Waals surface area contributed by atoms with Crippen LogP contribution in [0.1, 0.15) is 18.5 Å². The lowest BCUT2D eigenvalue weighted by Gasteiger charge is -2.17. The molecule has 0 aliphatic heterocycles. The highest BCUT2D eigenvalue weighted by molar-refractivity contribution is 7.92. The molecule has 0 aliphatic rings. The van der Waals surface area contributed by atoms with Gasteiger partial charge < -0.3 is 20.1 Å². The molecule has 0 aliphatic carbocycles. The molecule has 168 valence electrons. The SMILES string of the molecule is COc1cc(NS(=O)(=O)c2ccc(NC(=S)NC(C)c3ccccc3)cc2)nc(OC)n1. The number of thiocarbonyl (C=S) groups is 1. The zero-order valence-electron chi connectivity index (χ0n) is 17.7. The number of sulfonamides is 1. The van der Waals surface area contributed by atoms with Gasteiger partial charge in [0.1, 0.15) is 0 Å². The highest BCUT2D eigenvalue weighted by Gasteiger charge is 2.17. The minimum absolute atomic E-state index is 0.0156. The second kappa shape index (κ2) is 10.2. The average molecular weight is 474 g/mol. The number of hydrogen-bond donors (Lipinski definition) is 3. The fourth-order valence-corrected chi connectivity index (χ4v) is 4.04. The first-order valence-corrected chi connectivity index (χ1v) is 11.4. The summed E-state index contributed by atoms with van der Waals surface area (Å²) in [6.07, 6.45) is 0. The van der Waals surface area contributed by atoms with E-state index in [4.69, 9.17) is 21.7 Å². The molecule has 1 heterocycles. The molecular formula is C21H23N5O4S2. The van der Waals surface area contributed by atoms with Crippen LogP contribution in [-0.2, 0) is 10.0 Å². The Hall–Kier alpha value is -3.44. The summed E-state index contributed by atoms with van der Waals surface area (Å²) in [6.45, 7) is 2.00. The molecule has 3 rings (SSSR count). The number of methoxy groups -OCH3 is 2. The van der Waals surface area contributed by atoms with Crippen LogP contribution >= 0.6 is 12.2 Å². The number of anilines is 2. The van der Waals surface area contributed by atoms with E-state index in [9.17, 15) is 8.42 Å². The Morgan fingerprint density at radius 1 is 1.00 bits per heavy atom. The van der Waals surface area contributed by atoms with E-state index in [0.29, 0.717) is 10.8 Å². The van der Waals surface area contributed by atoms with Gasteiger partial charge in [-0.3, -0.25) is 4.72 Å². The predicted octanol–water partition coefficient (Wildman–Crippen LogP) is 3.34. The lowest BCUT2D eigenvalue weighted by Crippen LogP contribution is -2.30. The number of rotatable bonds is 8. The smallest absolute Gasteiger partial charge is 0.321 e. The van der Waals surface area contributed by atoms with E-state index >= 15 is 0 Å². The topological polar surface area (TPSA) is 114 Å². The van der Waals surface area contributed by atoms with Crippen LogP contribution in [0.4, 0.5) is 11.5 Å². The van der Waals surface area contributed by atoms with E-state index in [0.717, 1.165) is 5.56 Å². The minimum atomic E-state index is -3.89. The van der Waals surface area contributed by atoms with Crippen LogP contribution in [0, 0.1) is 0 Å². The third kappa shape index (κ3) is 6.05. The maximum Gasteiger partial charge on any atom is 0.321 e. The van der Waals surface area contributed by atoms with Crippen LogP contribution in [-0.4, -0.2) is 37.7 Å². The molecule has 0 saturated heterocycles. The van der Waals surface area contributed by atoms with Gasteiger partial charge in [0, 0.05) is 11.8 Å². The first kappa shape index (κ1) is 23.2. The molecule has 0 saturated carbocycles. The summed E-state index contributed by atoms with van der Waals surface area (Å²) in [7, 11) is -1.11. The summed E-state index contributed by atoms with van der Waals surface area (Å²) in [5, 5.41) is 6.67. The van der Waals surface area contributed by atoms with Crippen molar-refractivity contribution in [2.24, 2.45) is 0 Å². The van der Waals surface area contributed by atoms with Crippen molar-refractivity contribution in [3.63, 3.8) is 0 Å². The molecule has 3 N–H and O–H groups in total. The molecule has 3 aromatic rings. The summed E-state index contributed by atoms with van der Waals surface area (Å²) in [5.41, 5.74) is 1.74. The third-order valence-corrected chi connectivity index (χ3v) is 5.97. The third-order valence-electron chi connectivity index (χ3n) is 4.38. The lowest BCUT2D eigenvalue weighted by atomic mass is 10.1. The van der Waals surface area contributed by atoms with Crippen LogP contribution in [0.5, 0.6) is 11.9 Å². The first-order valence-electron chi connectivity index (χ1n) is 9.53. The summed E-state index contributed by atoms with van der Waals surface area (Å²) in [6, 6.07) is 17.4. The van der Waals surface area contributed by atoms with Crippen molar-refractivity contribution in [3.05, 3.63) is 66.2 Å². The summed E-state index contributed by atoms with van der Waals surface area (Å²) >= 11 is 5.36. The highest BCUT2D eigenvalue weighted by Crippen LogP contribution is 2.21. The Morgan fingerprint density at radius 2 is 1.69 bits per heavy atom. The molecule has 32 heavy (non-hydrogen) atoms. The zero-order valence-corrected chi connectivity index (χ0v) is 19.3. The van der Waals surface area contributed by atoms with Crippen LogP contribution in [0.3, 0.4) is 0 Å². The number of benzene rings is 2. The van der Waals surface area contributed by atoms with E-state index in [-0.39, 0.29) is 28.6 Å². The van der Waals surface area contributed by atoms with Crippen LogP contribution in [0.2, 0.25) is 0 Å². The number of ether oxygens (including phenoxy) is 2. The van der Waals surface area contributed by atoms with Crippen molar-refractivity contribution in [1.82, 2.24) is 15.3 Å². The maximum atomic E-state index is 12.7. The minimum Gasteiger partial charge on any atom is -0.481 e. The van der Waals surface area contributed by atoms with Gasteiger partial charge >= 0.3 is 6.01 Å². The van der Waals surface area contributed by atoms with Gasteiger partial charge in [-0.1, -0.05) is 30.3 Å². The molecule has 0 bridgehead atoms. The van der Waals surface area contributed by atoms with Gasteiger partial charge in [-0.15, -0.1) is 0 Å². The Kier molecular flexibility index (Phi) is 7.44. The zero-order chi connectivity index (χ0) is 23.1. The Labute approximate surface area is 192 Å². The Bertz CT molecular complexity index is 1150. The second-order valence-electron chi connectivity index (χ2n) is 6.64. The Morgan fingerprint density at radius 3 is 2.31 bits per heavy atom. The molecule has 1 unspecified atom stereocenters. The largest absolute Gasteiger partial charge is 0.481 e. The molecule has 0 fully saturated rings. The monoisotopic (exact) mass is 473 g/mol. The normalized spacial score (nSPS) is 11.8. The van der Waals surface area contributed by atoms with Gasteiger partial charge in [0.15, 0.2) is 10.9 Å². The quantitative estimate of drug-likeness (QED) is 0.424. The van der Waals surface area contributed by atoms with Gasteiger partial charge in [-0.2, -0.15) is 9.97 Å². The van der Waals surface area contributed by atoms with Crippen molar-refractivity contribution < 1.29 is 17.9 Å². The molecule has 1 atom stereocenters. The molecule has 0 radical (unpaired) electrons. The molecule has 11 heteroatoms. The summed E-state index contributed by atoms with van der Waals surface area (Å²) in [4.78, 5) is 7.97. The number of aromatic nitrogens is 2. The van der Waals surface area contributed by atoms with Crippen molar-refractivity contribution in [3.8, 4) is 11.9 Å². The van der Waals surface area contributed by atoms with Gasteiger partial charge in [0.2, 0.25) is 5.88 Å². The molecule has 0 spiro atoms. The standard InChI is InChI=1S/C21H23N5O4S2/c1-14(15-7-5-4-6-8-15)22-21(31)23-16-9-11-17(12-10-16)32(27,28)26-18-13-19(29-2)25-20(24-18)30-3/h4-14H,1-3H3,(H2,22,23,31)(H,24,25,26). The fraction of sp³-hybridized carbons (Fsp3) is 0.190. The van der Waals surface area contributed by atoms with Crippen LogP contribution < -0.4 is 24.8 Å². The van der Waals surface area contributed by atoms with E-state index in [1.807, 2.05) is 37.3 Å². The average Bonchev–Trinajstić information content (AvgIpc) is 2.79. The van der Waals surface area contributed by atoms with E-state index < -0.39 is 10.0 Å². The van der Waals surface area contributed by atoms with Crippen LogP contribution in [0.15, 0.2) is 65.6 Å². The van der Waals surface area contributed by atoms with Crippen molar-refractivity contribution in [2.75, 3.05) is 24.3 Å². The molecule has 9 nitrogen and oxygen atoms in total. The number of hydrogen-bond acceptors (Lipinski definition) is 7. The predicted molar refractivity (Wildman–Crippen MR) is 127 cm³/mol. The van der Waals surface area contributed by atoms with Crippen molar-refractivity contribution >= 4 is 38.9 Å². The number of nitrogens with one attached hydrogen (secondary N) is 3. The highest BCUT2D eigenvalue weighted by atomic mass is 32.2. The molecule has 0 amide bonds. The molecule has 2 aromatic carbocycles. The molecule has 1 aromatic heterocycles. The van der Waals surface area contributed by atoms with E-state index in [1.54, 1.807) is 12.1 Å². The fourth-order valence-electron chi connectivity index (χ4n) is 2.75. The summed E-state index contributed by atoms with van der Waals surface area (Å²) < 4.78 is 37.8.